The van der Waals surface area contributed by atoms with Crippen LogP contribution in [0.25, 0.3) is 0 Å². The van der Waals surface area contributed by atoms with Crippen molar-refractivity contribution >= 4 is 12.1 Å². The summed E-state index contributed by atoms with van der Waals surface area (Å²) >= 11 is 0. The third-order valence-corrected chi connectivity index (χ3v) is 4.70. The van der Waals surface area contributed by atoms with Gasteiger partial charge in [-0.1, -0.05) is 90.6 Å². The van der Waals surface area contributed by atoms with E-state index in [-0.39, 0.29) is 0 Å². The van der Waals surface area contributed by atoms with Gasteiger partial charge in [-0.2, -0.15) is 0 Å². The van der Waals surface area contributed by atoms with Crippen LogP contribution in [0.2, 0.25) is 0 Å². The molecule has 1 amide bonds. The molecule has 0 rings (SSSR count). The molecule has 1 atom stereocenters. The van der Waals surface area contributed by atoms with Gasteiger partial charge in [0.05, 0.1) is 13.2 Å². The van der Waals surface area contributed by atoms with Crippen LogP contribution in [0, 0.1) is 0 Å². The van der Waals surface area contributed by atoms with Crippen LogP contribution >= 0.6 is 0 Å². The van der Waals surface area contributed by atoms with Gasteiger partial charge in [-0.15, -0.1) is 6.58 Å². The molecule has 0 aromatic heterocycles. The number of carbonyl (C=O) groups excluding carboxylic acids is 2. The zero-order valence-corrected chi connectivity index (χ0v) is 18.3. The molecule has 0 aliphatic rings. The molecule has 0 heterocycles. The van der Waals surface area contributed by atoms with Gasteiger partial charge >= 0.3 is 12.1 Å². The van der Waals surface area contributed by atoms with Gasteiger partial charge in [-0.05, 0) is 19.3 Å². The third-order valence-electron chi connectivity index (χ3n) is 4.70. The number of rotatable bonds is 19. The monoisotopic (exact) mass is 397 g/mol. The molecule has 0 aliphatic heterocycles. The summed E-state index contributed by atoms with van der Waals surface area (Å²) in [6.07, 6.45) is 16.5. The number of carbonyl (C=O) groups is 2. The Morgan fingerprint density at radius 2 is 1.25 bits per heavy atom. The largest absolute Gasteiger partial charge is 0.464 e. The van der Waals surface area contributed by atoms with Gasteiger partial charge in [-0.25, -0.2) is 9.59 Å². The first-order valence-corrected chi connectivity index (χ1v) is 11.4. The molecule has 1 N–H and O–H groups in total. The van der Waals surface area contributed by atoms with Gasteiger partial charge < -0.3 is 14.8 Å². The lowest BCUT2D eigenvalue weighted by Crippen LogP contribution is -2.42. The highest BCUT2D eigenvalue weighted by Gasteiger charge is 2.21. The van der Waals surface area contributed by atoms with Gasteiger partial charge in [0.25, 0.3) is 0 Å². The number of hydrogen-bond donors (Lipinski definition) is 1. The molecular formula is C23H43NO4. The molecular weight excluding hydrogens is 354 g/mol. The normalized spacial score (nSPS) is 11.6. The van der Waals surface area contributed by atoms with E-state index in [1.54, 1.807) is 6.08 Å². The molecule has 0 saturated carbocycles. The van der Waals surface area contributed by atoms with E-state index >= 15 is 0 Å². The molecule has 164 valence electrons. The number of esters is 1. The zero-order chi connectivity index (χ0) is 20.9. The van der Waals surface area contributed by atoms with Crippen molar-refractivity contribution in [2.24, 2.45) is 0 Å². The van der Waals surface area contributed by atoms with E-state index < -0.39 is 18.1 Å². The Hall–Kier alpha value is -1.52. The highest BCUT2D eigenvalue weighted by atomic mass is 16.6. The Bertz CT molecular complexity index is 398. The first-order valence-electron chi connectivity index (χ1n) is 11.4. The summed E-state index contributed by atoms with van der Waals surface area (Å²) in [7, 11) is 0. The number of amides is 1. The lowest BCUT2D eigenvalue weighted by atomic mass is 10.1. The lowest BCUT2D eigenvalue weighted by molar-refractivity contribution is -0.146. The average Bonchev–Trinajstić information content (AvgIpc) is 2.68. The Morgan fingerprint density at radius 1 is 0.786 bits per heavy atom. The van der Waals surface area contributed by atoms with Crippen LogP contribution in [0.1, 0.15) is 104 Å². The Kier molecular flexibility index (Phi) is 19.1. The van der Waals surface area contributed by atoms with Crippen LogP contribution in [-0.2, 0) is 14.3 Å². The minimum atomic E-state index is -0.723. The van der Waals surface area contributed by atoms with E-state index in [1.165, 1.54) is 44.9 Å². The fourth-order valence-electron chi connectivity index (χ4n) is 2.94. The number of nitrogens with one attached hydrogen (secondary N) is 1. The molecule has 0 aliphatic carbocycles. The maximum atomic E-state index is 12.2. The molecule has 0 fully saturated rings. The molecule has 5 nitrogen and oxygen atoms in total. The van der Waals surface area contributed by atoms with Crippen molar-refractivity contribution < 1.29 is 19.1 Å². The maximum Gasteiger partial charge on any atom is 0.407 e. The quantitative estimate of drug-likeness (QED) is 0.157. The summed E-state index contributed by atoms with van der Waals surface area (Å²) in [4.78, 5) is 24.0. The number of hydrogen-bond acceptors (Lipinski definition) is 4. The molecule has 5 heteroatoms. The highest BCUT2D eigenvalue weighted by molar-refractivity contribution is 5.81. The van der Waals surface area contributed by atoms with E-state index in [4.69, 9.17) is 9.47 Å². The maximum absolute atomic E-state index is 12.2. The van der Waals surface area contributed by atoms with Crippen molar-refractivity contribution in [3.63, 3.8) is 0 Å². The fourth-order valence-corrected chi connectivity index (χ4v) is 2.94. The lowest BCUT2D eigenvalue weighted by Gasteiger charge is -2.16. The van der Waals surface area contributed by atoms with E-state index in [0.29, 0.717) is 19.6 Å². The number of alkyl carbamates (subject to hydrolysis) is 1. The fraction of sp³-hybridized carbons (Fsp3) is 0.826. The predicted molar refractivity (Wildman–Crippen MR) is 115 cm³/mol. The number of ether oxygens (including phenoxy) is 2. The molecule has 0 bridgehead atoms. The van der Waals surface area contributed by atoms with E-state index in [0.717, 1.165) is 38.5 Å². The van der Waals surface area contributed by atoms with Crippen molar-refractivity contribution in [3.05, 3.63) is 12.7 Å². The van der Waals surface area contributed by atoms with Gasteiger partial charge in [0.15, 0.2) is 0 Å². The average molecular weight is 398 g/mol. The van der Waals surface area contributed by atoms with Crippen molar-refractivity contribution in [1.29, 1.82) is 0 Å². The topological polar surface area (TPSA) is 64.6 Å². The molecule has 0 spiro atoms. The summed E-state index contributed by atoms with van der Waals surface area (Å²) in [5.41, 5.74) is 0. The summed E-state index contributed by atoms with van der Waals surface area (Å²) < 4.78 is 10.4. The van der Waals surface area contributed by atoms with Gasteiger partial charge in [0.2, 0.25) is 0 Å². The van der Waals surface area contributed by atoms with Crippen molar-refractivity contribution in [1.82, 2.24) is 5.32 Å². The van der Waals surface area contributed by atoms with Crippen LogP contribution in [-0.4, -0.2) is 31.3 Å². The van der Waals surface area contributed by atoms with Crippen LogP contribution < -0.4 is 5.32 Å². The first kappa shape index (κ1) is 26.5. The second-order valence-electron chi connectivity index (χ2n) is 7.41. The Labute approximate surface area is 172 Å². The minimum Gasteiger partial charge on any atom is -0.464 e. The second kappa shape index (κ2) is 20.2. The van der Waals surface area contributed by atoms with Gasteiger partial charge in [-0.3, -0.25) is 0 Å². The first-order chi connectivity index (χ1) is 13.7. The smallest absolute Gasteiger partial charge is 0.407 e. The van der Waals surface area contributed by atoms with E-state index in [1.807, 2.05) is 0 Å². The van der Waals surface area contributed by atoms with Crippen molar-refractivity contribution in [3.8, 4) is 0 Å². The highest BCUT2D eigenvalue weighted by Crippen LogP contribution is 2.10. The van der Waals surface area contributed by atoms with E-state index in [2.05, 4.69) is 25.7 Å². The Balaban J connectivity index is 3.82. The third kappa shape index (κ3) is 16.6. The number of unbranched alkanes of at least 4 members (excludes halogenated alkanes) is 11. The van der Waals surface area contributed by atoms with Crippen LogP contribution in [0.4, 0.5) is 4.79 Å². The SMILES string of the molecule is C=CCC(NC(=O)OCCCCCC)C(=O)OCCCCCCCCCCC. The summed E-state index contributed by atoms with van der Waals surface area (Å²) in [6, 6.07) is -0.723. The zero-order valence-electron chi connectivity index (χ0n) is 18.3. The molecule has 28 heavy (non-hydrogen) atoms. The molecule has 0 aromatic carbocycles. The minimum absolute atomic E-state index is 0.335. The van der Waals surface area contributed by atoms with Crippen LogP contribution in [0.3, 0.4) is 0 Å². The molecule has 1 unspecified atom stereocenters. The molecule has 0 radical (unpaired) electrons. The second-order valence-corrected chi connectivity index (χ2v) is 7.41. The standard InChI is InChI=1S/C23H43NO4/c1-4-7-9-11-12-13-14-15-17-19-27-22(25)21(18-6-3)24-23(26)28-20-16-10-8-5-2/h6,21H,3-5,7-20H2,1-2H3,(H,24,26). The summed E-state index contributed by atoms with van der Waals surface area (Å²) in [5.74, 6) is -0.414. The van der Waals surface area contributed by atoms with Gasteiger partial charge in [0.1, 0.15) is 6.04 Å². The van der Waals surface area contributed by atoms with Crippen molar-refractivity contribution in [2.45, 2.75) is 110 Å². The Morgan fingerprint density at radius 3 is 1.79 bits per heavy atom. The van der Waals surface area contributed by atoms with Crippen LogP contribution in [0.5, 0.6) is 0 Å². The molecule has 0 aromatic rings. The van der Waals surface area contributed by atoms with Gasteiger partial charge in [0, 0.05) is 0 Å². The summed E-state index contributed by atoms with van der Waals surface area (Å²) in [5, 5.41) is 2.59. The predicted octanol–water partition coefficient (Wildman–Crippen LogP) is 6.31. The van der Waals surface area contributed by atoms with Crippen LogP contribution in [0.15, 0.2) is 12.7 Å². The summed E-state index contributed by atoms with van der Waals surface area (Å²) in [6.45, 7) is 8.78. The van der Waals surface area contributed by atoms with E-state index in [9.17, 15) is 9.59 Å². The van der Waals surface area contributed by atoms with Crippen molar-refractivity contribution in [2.75, 3.05) is 13.2 Å². The molecule has 0 saturated heterocycles.